The Hall–Kier alpha value is -1.93. The van der Waals surface area contributed by atoms with Crippen LogP contribution in [0.4, 0.5) is 0 Å². The molecule has 2 aromatic rings. The number of fused-ring (bicyclic) bond motifs is 1. The zero-order valence-corrected chi connectivity index (χ0v) is 7.93. The first-order valence-corrected chi connectivity index (χ1v) is 4.78. The van der Waals surface area contributed by atoms with Gasteiger partial charge < -0.3 is 4.52 Å². The molecule has 0 unspecified atom stereocenters. The van der Waals surface area contributed by atoms with Crippen molar-refractivity contribution in [3.05, 3.63) is 30.0 Å². The number of hydrogen-bond donors (Lipinski definition) is 0. The molecule has 1 aromatic carbocycles. The van der Waals surface area contributed by atoms with Gasteiger partial charge in [-0.3, -0.25) is 0 Å². The Balaban J connectivity index is 2.15. The molecule has 1 aliphatic carbocycles. The first-order chi connectivity index (χ1) is 7.34. The van der Waals surface area contributed by atoms with Crippen LogP contribution >= 0.6 is 0 Å². The van der Waals surface area contributed by atoms with Crippen molar-refractivity contribution in [1.82, 2.24) is 5.16 Å². The summed E-state index contributed by atoms with van der Waals surface area (Å²) in [5, 5.41) is 4.67. The molecule has 0 aliphatic heterocycles. The fourth-order valence-corrected chi connectivity index (χ4v) is 1.82. The van der Waals surface area contributed by atoms with E-state index in [9.17, 15) is 4.79 Å². The van der Waals surface area contributed by atoms with E-state index in [-0.39, 0.29) is 5.54 Å². The van der Waals surface area contributed by atoms with E-state index in [4.69, 9.17) is 4.52 Å². The summed E-state index contributed by atoms with van der Waals surface area (Å²) in [4.78, 5) is 14.2. The van der Waals surface area contributed by atoms with Gasteiger partial charge in [-0.05, 0) is 30.5 Å². The molecule has 0 saturated heterocycles. The van der Waals surface area contributed by atoms with Crippen LogP contribution in [0, 0.1) is 0 Å². The fraction of sp³-hybridized carbons (Fsp3) is 0.273. The lowest BCUT2D eigenvalue weighted by atomic mass is 10.0. The van der Waals surface area contributed by atoms with Gasteiger partial charge in [-0.15, -0.1) is 0 Å². The lowest BCUT2D eigenvalue weighted by Crippen LogP contribution is -2.01. The fourth-order valence-electron chi connectivity index (χ4n) is 1.82. The molecule has 0 N–H and O–H groups in total. The van der Waals surface area contributed by atoms with Crippen molar-refractivity contribution in [1.29, 1.82) is 0 Å². The van der Waals surface area contributed by atoms with Crippen LogP contribution in [-0.2, 0) is 10.3 Å². The number of carbonyl (C=O) groups excluding carboxylic acids is 1. The largest absolute Gasteiger partial charge is 0.356 e. The molecule has 1 aromatic heterocycles. The molecule has 0 radical (unpaired) electrons. The summed E-state index contributed by atoms with van der Waals surface area (Å²) >= 11 is 0. The van der Waals surface area contributed by atoms with Crippen molar-refractivity contribution in [2.24, 2.45) is 4.99 Å². The summed E-state index contributed by atoms with van der Waals surface area (Å²) < 4.78 is 5.07. The summed E-state index contributed by atoms with van der Waals surface area (Å²) in [5.41, 5.74) is 1.41. The van der Waals surface area contributed by atoms with Gasteiger partial charge >= 0.3 is 0 Å². The number of aliphatic imine (C=N–C) groups is 1. The summed E-state index contributed by atoms with van der Waals surface area (Å²) in [5.74, 6) is 0. The van der Waals surface area contributed by atoms with Gasteiger partial charge in [0.25, 0.3) is 0 Å². The normalized spacial score (nSPS) is 17.3. The highest BCUT2D eigenvalue weighted by molar-refractivity contribution is 5.77. The number of rotatable bonds is 2. The van der Waals surface area contributed by atoms with Gasteiger partial charge in [-0.1, -0.05) is 11.2 Å². The van der Waals surface area contributed by atoms with E-state index in [1.165, 1.54) is 0 Å². The molecule has 1 fully saturated rings. The van der Waals surface area contributed by atoms with Crippen LogP contribution in [0.3, 0.4) is 0 Å². The van der Waals surface area contributed by atoms with Crippen molar-refractivity contribution in [2.45, 2.75) is 18.4 Å². The average Bonchev–Trinajstić information content (AvgIpc) is 2.89. The van der Waals surface area contributed by atoms with Crippen molar-refractivity contribution in [3.63, 3.8) is 0 Å². The Kier molecular flexibility index (Phi) is 1.55. The predicted octanol–water partition coefficient (Wildman–Crippen LogP) is 2.15. The lowest BCUT2D eigenvalue weighted by molar-refractivity contribution is 0.456. The molecule has 0 bridgehead atoms. The van der Waals surface area contributed by atoms with Crippen molar-refractivity contribution < 1.29 is 9.32 Å². The smallest absolute Gasteiger partial charge is 0.235 e. The highest BCUT2D eigenvalue weighted by atomic mass is 16.5. The first kappa shape index (κ1) is 8.38. The Labute approximate surface area is 85.6 Å². The number of aromatic nitrogens is 1. The standard InChI is InChI=1S/C11H8N2O2/c14-7-12-11(3-4-11)9-2-1-8-6-13-15-10(8)5-9/h1-2,5-6H,3-4H2. The molecule has 0 atom stereocenters. The second-order valence-electron chi connectivity index (χ2n) is 3.81. The maximum absolute atomic E-state index is 10.3. The van der Waals surface area contributed by atoms with Gasteiger partial charge in [-0.2, -0.15) is 4.99 Å². The summed E-state index contributed by atoms with van der Waals surface area (Å²) in [6, 6.07) is 5.80. The summed E-state index contributed by atoms with van der Waals surface area (Å²) in [6.45, 7) is 0. The maximum Gasteiger partial charge on any atom is 0.235 e. The van der Waals surface area contributed by atoms with Crippen LogP contribution in [0.2, 0.25) is 0 Å². The Bertz CT molecular complexity index is 563. The zero-order chi connectivity index (χ0) is 10.3. The van der Waals surface area contributed by atoms with Gasteiger partial charge in [0.05, 0.1) is 11.7 Å². The highest BCUT2D eigenvalue weighted by Gasteiger charge is 2.45. The summed E-state index contributed by atoms with van der Waals surface area (Å²) in [6.07, 6.45) is 5.12. The van der Waals surface area contributed by atoms with Gasteiger partial charge in [0, 0.05) is 5.39 Å². The molecule has 0 spiro atoms. The van der Waals surface area contributed by atoms with Crippen molar-refractivity contribution >= 4 is 17.0 Å². The number of benzene rings is 1. The van der Waals surface area contributed by atoms with Crippen molar-refractivity contribution in [2.75, 3.05) is 0 Å². The molecule has 1 saturated carbocycles. The molecule has 1 aliphatic rings. The molecule has 15 heavy (non-hydrogen) atoms. The van der Waals surface area contributed by atoms with E-state index in [0.29, 0.717) is 0 Å². The molecule has 74 valence electrons. The summed E-state index contributed by atoms with van der Waals surface area (Å²) in [7, 11) is 0. The Morgan fingerprint density at radius 3 is 3.07 bits per heavy atom. The van der Waals surface area contributed by atoms with Gasteiger partial charge in [0.15, 0.2) is 5.58 Å². The third-order valence-electron chi connectivity index (χ3n) is 2.88. The van der Waals surface area contributed by atoms with Crippen LogP contribution in [0.1, 0.15) is 18.4 Å². The van der Waals surface area contributed by atoms with E-state index in [2.05, 4.69) is 10.1 Å². The zero-order valence-electron chi connectivity index (χ0n) is 7.93. The second kappa shape index (κ2) is 2.78. The van der Waals surface area contributed by atoms with Crippen LogP contribution in [0.5, 0.6) is 0 Å². The van der Waals surface area contributed by atoms with E-state index in [0.717, 1.165) is 29.4 Å². The van der Waals surface area contributed by atoms with Gasteiger partial charge in [0.2, 0.25) is 6.08 Å². The average molecular weight is 200 g/mol. The van der Waals surface area contributed by atoms with Crippen LogP contribution < -0.4 is 0 Å². The van der Waals surface area contributed by atoms with E-state index < -0.39 is 0 Å². The SMILES string of the molecule is O=C=NC1(c2ccc3cnoc3c2)CC1. The van der Waals surface area contributed by atoms with Gasteiger partial charge in [0.1, 0.15) is 0 Å². The highest BCUT2D eigenvalue weighted by Crippen LogP contribution is 2.49. The van der Waals surface area contributed by atoms with Gasteiger partial charge in [-0.25, -0.2) is 4.79 Å². The second-order valence-corrected chi connectivity index (χ2v) is 3.81. The number of hydrogen-bond acceptors (Lipinski definition) is 4. The van der Waals surface area contributed by atoms with Crippen LogP contribution in [0.25, 0.3) is 11.0 Å². The minimum Gasteiger partial charge on any atom is -0.356 e. The number of nitrogens with zero attached hydrogens (tertiary/aromatic N) is 2. The van der Waals surface area contributed by atoms with Crippen LogP contribution in [-0.4, -0.2) is 11.2 Å². The minimum atomic E-state index is -0.331. The van der Waals surface area contributed by atoms with E-state index in [1.807, 2.05) is 18.2 Å². The monoisotopic (exact) mass is 200 g/mol. The third kappa shape index (κ3) is 1.19. The first-order valence-electron chi connectivity index (χ1n) is 4.78. The minimum absolute atomic E-state index is 0.331. The molecule has 4 nitrogen and oxygen atoms in total. The molecule has 3 rings (SSSR count). The molecular weight excluding hydrogens is 192 g/mol. The predicted molar refractivity (Wildman–Crippen MR) is 53.0 cm³/mol. The van der Waals surface area contributed by atoms with Crippen LogP contribution in [0.15, 0.2) is 33.9 Å². The lowest BCUT2D eigenvalue weighted by Gasteiger charge is -2.06. The third-order valence-corrected chi connectivity index (χ3v) is 2.88. The molecule has 4 heteroatoms. The Morgan fingerprint density at radius 2 is 2.33 bits per heavy atom. The van der Waals surface area contributed by atoms with E-state index >= 15 is 0 Å². The van der Waals surface area contributed by atoms with E-state index in [1.54, 1.807) is 12.3 Å². The number of isocyanates is 1. The topological polar surface area (TPSA) is 55.5 Å². The van der Waals surface area contributed by atoms with Crippen molar-refractivity contribution in [3.8, 4) is 0 Å². The molecule has 0 amide bonds. The molecule has 1 heterocycles. The molecular formula is C11H8N2O2. The quantitative estimate of drug-likeness (QED) is 0.551. The maximum atomic E-state index is 10.3. The Morgan fingerprint density at radius 1 is 1.47 bits per heavy atom.